The molecule has 1 fully saturated rings. The van der Waals surface area contributed by atoms with Gasteiger partial charge >= 0.3 is 0 Å². The minimum absolute atomic E-state index is 0.0567. The van der Waals surface area contributed by atoms with Gasteiger partial charge < -0.3 is 16.0 Å². The minimum Gasteiger partial charge on any atom is -0.354 e. The Morgan fingerprint density at radius 1 is 1.50 bits per heavy atom. The molecular weight excluding hydrogens is 278 g/mol. The lowest BCUT2D eigenvalue weighted by Gasteiger charge is -2.34. The predicted molar refractivity (Wildman–Crippen MR) is 87.6 cm³/mol. The highest BCUT2D eigenvalue weighted by Crippen LogP contribution is 2.18. The number of nitrogens with two attached hydrogens (primary N) is 1. The van der Waals surface area contributed by atoms with E-state index >= 15 is 0 Å². The van der Waals surface area contributed by atoms with Gasteiger partial charge in [-0.15, -0.1) is 0 Å². The van der Waals surface area contributed by atoms with E-state index in [4.69, 9.17) is 5.73 Å². The Hall–Kier alpha value is -1.69. The SMILES string of the molecule is CCc1cc(N2CCCC(NC(=O)[C@@H](N)C(C)C)C2)ncn1. The van der Waals surface area contributed by atoms with Gasteiger partial charge in [-0.1, -0.05) is 20.8 Å². The van der Waals surface area contributed by atoms with Crippen molar-refractivity contribution in [2.45, 2.75) is 52.1 Å². The first-order valence-corrected chi connectivity index (χ1v) is 8.13. The number of nitrogens with zero attached hydrogens (tertiary/aromatic N) is 3. The Morgan fingerprint density at radius 2 is 2.27 bits per heavy atom. The third-order valence-corrected chi connectivity index (χ3v) is 4.18. The van der Waals surface area contributed by atoms with Crippen LogP contribution in [0.1, 0.15) is 39.3 Å². The van der Waals surface area contributed by atoms with Crippen LogP contribution in [0, 0.1) is 5.92 Å². The largest absolute Gasteiger partial charge is 0.354 e. The van der Waals surface area contributed by atoms with Gasteiger partial charge in [-0.3, -0.25) is 4.79 Å². The molecule has 6 nitrogen and oxygen atoms in total. The highest BCUT2D eigenvalue weighted by atomic mass is 16.2. The number of carbonyl (C=O) groups excluding carboxylic acids is 1. The molecule has 0 aromatic carbocycles. The van der Waals surface area contributed by atoms with Gasteiger partial charge in [-0.25, -0.2) is 9.97 Å². The van der Waals surface area contributed by atoms with E-state index in [1.54, 1.807) is 6.33 Å². The van der Waals surface area contributed by atoms with Crippen molar-refractivity contribution in [1.29, 1.82) is 0 Å². The second-order valence-corrected chi connectivity index (χ2v) is 6.28. The normalized spacial score (nSPS) is 20.0. The van der Waals surface area contributed by atoms with Crippen LogP contribution >= 0.6 is 0 Å². The zero-order valence-electron chi connectivity index (χ0n) is 13.7. The van der Waals surface area contributed by atoms with E-state index in [0.717, 1.165) is 43.9 Å². The Morgan fingerprint density at radius 3 is 2.95 bits per heavy atom. The summed E-state index contributed by atoms with van der Waals surface area (Å²) < 4.78 is 0. The topological polar surface area (TPSA) is 84.1 Å². The molecule has 2 atom stereocenters. The number of amides is 1. The van der Waals surface area contributed by atoms with E-state index in [-0.39, 0.29) is 17.9 Å². The molecule has 3 N–H and O–H groups in total. The molecule has 1 aliphatic heterocycles. The van der Waals surface area contributed by atoms with Crippen LogP contribution in [-0.2, 0) is 11.2 Å². The third kappa shape index (κ3) is 4.16. The van der Waals surface area contributed by atoms with E-state index in [1.807, 2.05) is 19.9 Å². The van der Waals surface area contributed by atoms with E-state index in [0.29, 0.717) is 0 Å². The molecule has 22 heavy (non-hydrogen) atoms. The lowest BCUT2D eigenvalue weighted by atomic mass is 10.0. The molecule has 1 saturated heterocycles. The monoisotopic (exact) mass is 305 g/mol. The molecule has 6 heteroatoms. The summed E-state index contributed by atoms with van der Waals surface area (Å²) in [5, 5.41) is 3.08. The van der Waals surface area contributed by atoms with Crippen LogP contribution in [0.4, 0.5) is 5.82 Å². The number of hydrogen-bond donors (Lipinski definition) is 2. The van der Waals surface area contributed by atoms with E-state index in [1.165, 1.54) is 0 Å². The maximum absolute atomic E-state index is 12.1. The molecular formula is C16H27N5O. The van der Waals surface area contributed by atoms with Gasteiger partial charge in [0.25, 0.3) is 0 Å². The summed E-state index contributed by atoms with van der Waals surface area (Å²) in [6.45, 7) is 7.74. The van der Waals surface area contributed by atoms with Crippen LogP contribution in [0.15, 0.2) is 12.4 Å². The van der Waals surface area contributed by atoms with Crippen LogP contribution in [-0.4, -0.2) is 41.0 Å². The summed E-state index contributed by atoms with van der Waals surface area (Å²) >= 11 is 0. The Labute approximate surface area is 132 Å². The van der Waals surface area contributed by atoms with Crippen molar-refractivity contribution in [1.82, 2.24) is 15.3 Å². The fourth-order valence-corrected chi connectivity index (χ4v) is 2.66. The first-order chi connectivity index (χ1) is 10.5. The zero-order chi connectivity index (χ0) is 16.1. The van der Waals surface area contributed by atoms with Crippen LogP contribution in [0.25, 0.3) is 0 Å². The Bertz CT molecular complexity index is 505. The number of nitrogens with one attached hydrogen (secondary N) is 1. The number of piperidine rings is 1. The van der Waals surface area contributed by atoms with Crippen LogP contribution in [0.3, 0.4) is 0 Å². The molecule has 1 amide bonds. The number of carbonyl (C=O) groups is 1. The van der Waals surface area contributed by atoms with Gasteiger partial charge in [0.15, 0.2) is 0 Å². The highest BCUT2D eigenvalue weighted by Gasteiger charge is 2.25. The van der Waals surface area contributed by atoms with Crippen molar-refractivity contribution < 1.29 is 4.79 Å². The second kappa shape index (κ2) is 7.54. The molecule has 0 radical (unpaired) electrons. The molecule has 0 saturated carbocycles. The Balaban J connectivity index is 1.98. The molecule has 1 aromatic heterocycles. The summed E-state index contributed by atoms with van der Waals surface area (Å²) in [6.07, 6.45) is 4.53. The smallest absolute Gasteiger partial charge is 0.237 e. The van der Waals surface area contributed by atoms with E-state index in [9.17, 15) is 4.79 Å². The van der Waals surface area contributed by atoms with Crippen molar-refractivity contribution in [3.8, 4) is 0 Å². The lowest BCUT2D eigenvalue weighted by Crippen LogP contribution is -2.53. The Kier molecular flexibility index (Phi) is 5.71. The summed E-state index contributed by atoms with van der Waals surface area (Å²) in [5.74, 6) is 1.03. The van der Waals surface area contributed by atoms with E-state index in [2.05, 4.69) is 27.1 Å². The van der Waals surface area contributed by atoms with Crippen LogP contribution in [0.2, 0.25) is 0 Å². The van der Waals surface area contributed by atoms with Gasteiger partial charge in [-0.05, 0) is 25.2 Å². The van der Waals surface area contributed by atoms with Crippen molar-refractivity contribution in [3.05, 3.63) is 18.1 Å². The molecule has 1 unspecified atom stereocenters. The molecule has 122 valence electrons. The van der Waals surface area contributed by atoms with Crippen molar-refractivity contribution in [2.75, 3.05) is 18.0 Å². The fourth-order valence-electron chi connectivity index (χ4n) is 2.66. The molecule has 0 aliphatic carbocycles. The van der Waals surface area contributed by atoms with Gasteiger partial charge in [0, 0.05) is 30.9 Å². The summed E-state index contributed by atoms with van der Waals surface area (Å²) in [5.41, 5.74) is 6.95. The molecule has 0 bridgehead atoms. The number of anilines is 1. The first-order valence-electron chi connectivity index (χ1n) is 8.13. The quantitative estimate of drug-likeness (QED) is 0.851. The molecule has 0 spiro atoms. The molecule has 1 aromatic rings. The summed E-state index contributed by atoms with van der Waals surface area (Å²) in [4.78, 5) is 22.9. The average Bonchev–Trinajstić information content (AvgIpc) is 2.54. The van der Waals surface area contributed by atoms with Crippen molar-refractivity contribution in [3.63, 3.8) is 0 Å². The first kappa shape index (κ1) is 16.7. The predicted octanol–water partition coefficient (Wildman–Crippen LogP) is 1.11. The third-order valence-electron chi connectivity index (χ3n) is 4.18. The average molecular weight is 305 g/mol. The molecule has 1 aliphatic rings. The number of hydrogen-bond acceptors (Lipinski definition) is 5. The van der Waals surface area contributed by atoms with Gasteiger partial charge in [0.05, 0.1) is 6.04 Å². The molecule has 2 rings (SSSR count). The maximum atomic E-state index is 12.1. The number of aromatic nitrogens is 2. The van der Waals surface area contributed by atoms with Gasteiger partial charge in [0.1, 0.15) is 12.1 Å². The van der Waals surface area contributed by atoms with Gasteiger partial charge in [0.2, 0.25) is 5.91 Å². The lowest BCUT2D eigenvalue weighted by molar-refractivity contribution is -0.124. The molecule has 2 heterocycles. The van der Waals surface area contributed by atoms with Crippen LogP contribution < -0.4 is 16.0 Å². The van der Waals surface area contributed by atoms with Crippen LogP contribution in [0.5, 0.6) is 0 Å². The number of rotatable bonds is 5. The minimum atomic E-state index is -0.443. The van der Waals surface area contributed by atoms with E-state index < -0.39 is 6.04 Å². The zero-order valence-corrected chi connectivity index (χ0v) is 13.7. The maximum Gasteiger partial charge on any atom is 0.237 e. The summed E-state index contributed by atoms with van der Waals surface area (Å²) in [7, 11) is 0. The summed E-state index contributed by atoms with van der Waals surface area (Å²) in [6, 6.07) is 1.72. The van der Waals surface area contributed by atoms with Crippen molar-refractivity contribution in [2.24, 2.45) is 11.7 Å². The standard InChI is InChI=1S/C16H27N5O/c1-4-12-8-14(19-10-18-12)21-7-5-6-13(9-21)20-16(22)15(17)11(2)3/h8,10-11,13,15H,4-7,9,17H2,1-3H3,(H,20,22)/t13?,15-/m0/s1. The second-order valence-electron chi connectivity index (χ2n) is 6.28. The fraction of sp³-hybridized carbons (Fsp3) is 0.688. The number of aryl methyl sites for hydroxylation is 1. The van der Waals surface area contributed by atoms with Crippen molar-refractivity contribution >= 4 is 11.7 Å². The van der Waals surface area contributed by atoms with Gasteiger partial charge in [-0.2, -0.15) is 0 Å². The highest BCUT2D eigenvalue weighted by molar-refractivity contribution is 5.82.